The summed E-state index contributed by atoms with van der Waals surface area (Å²) in [5.74, 6) is -0.996. The molecule has 76 heavy (non-hydrogen) atoms. The van der Waals surface area contributed by atoms with Gasteiger partial charge in [0.2, 0.25) is 0 Å². The van der Waals surface area contributed by atoms with Gasteiger partial charge in [0.1, 0.15) is 19.8 Å². The summed E-state index contributed by atoms with van der Waals surface area (Å²) in [6.45, 7) is 3.83. The van der Waals surface area contributed by atoms with E-state index in [-0.39, 0.29) is 26.1 Å². The van der Waals surface area contributed by atoms with E-state index in [1.807, 2.05) is 33.3 Å². The highest BCUT2D eigenvalue weighted by molar-refractivity contribution is 7.45. The summed E-state index contributed by atoms with van der Waals surface area (Å²) in [6, 6.07) is 0. The van der Waals surface area contributed by atoms with Crippen LogP contribution in [-0.2, 0) is 32.7 Å². The fourth-order valence-electron chi connectivity index (χ4n) is 6.35. The minimum Gasteiger partial charge on any atom is -0.756 e. The zero-order chi connectivity index (χ0) is 55.6. The first kappa shape index (κ1) is 70.8. The second kappa shape index (κ2) is 54.6. The Morgan fingerprint density at radius 1 is 0.408 bits per heavy atom. The first-order valence-electron chi connectivity index (χ1n) is 28.1. The number of likely N-dealkylation sites (N-methyl/N-ethyl adjacent to an activating group) is 1. The van der Waals surface area contributed by atoms with Gasteiger partial charge in [-0.15, -0.1) is 0 Å². The molecule has 0 saturated heterocycles. The largest absolute Gasteiger partial charge is 0.756 e. The molecule has 422 valence electrons. The number of unbranched alkanes of at least 4 members (excludes halogenated alkanes) is 2. The Labute approximate surface area is 463 Å². The van der Waals surface area contributed by atoms with Gasteiger partial charge < -0.3 is 27.9 Å². The highest BCUT2D eigenvalue weighted by Gasteiger charge is 2.21. The number of rotatable bonds is 48. The van der Waals surface area contributed by atoms with E-state index in [0.717, 1.165) is 103 Å². The van der Waals surface area contributed by atoms with Gasteiger partial charge in [0.05, 0.1) is 27.7 Å². The van der Waals surface area contributed by atoms with Crippen LogP contribution in [0.4, 0.5) is 0 Å². The number of quaternary nitrogens is 1. The van der Waals surface area contributed by atoms with Crippen LogP contribution in [-0.4, -0.2) is 70.0 Å². The van der Waals surface area contributed by atoms with E-state index < -0.39 is 32.5 Å². The molecule has 0 N–H and O–H groups in total. The molecule has 0 saturated carbocycles. The molecular weight excluding hydrogens is 966 g/mol. The molecular formula is C66H100NO8P. The Balaban J connectivity index is 4.47. The highest BCUT2D eigenvalue weighted by Crippen LogP contribution is 2.38. The first-order chi connectivity index (χ1) is 37.0. The Hall–Kier alpha value is -5.15. The number of nitrogens with zero attached hydrogens (tertiary/aromatic N) is 1. The van der Waals surface area contributed by atoms with Gasteiger partial charge in [-0.05, 0) is 128 Å². The Morgan fingerprint density at radius 2 is 0.684 bits per heavy atom. The maximum atomic E-state index is 12.8. The van der Waals surface area contributed by atoms with Crippen LogP contribution in [0.3, 0.4) is 0 Å². The quantitative estimate of drug-likeness (QED) is 0.0195. The van der Waals surface area contributed by atoms with Crippen molar-refractivity contribution in [1.29, 1.82) is 0 Å². The van der Waals surface area contributed by atoms with Crippen molar-refractivity contribution in [3.8, 4) is 0 Å². The van der Waals surface area contributed by atoms with E-state index in [2.05, 4.69) is 196 Å². The summed E-state index contributed by atoms with van der Waals surface area (Å²) in [5.41, 5.74) is 0. The zero-order valence-corrected chi connectivity index (χ0v) is 48.5. The fraction of sp³-hybridized carbons (Fsp3) is 0.485. The zero-order valence-electron chi connectivity index (χ0n) is 47.6. The molecule has 0 radical (unpaired) electrons. The third-order valence-corrected chi connectivity index (χ3v) is 11.6. The van der Waals surface area contributed by atoms with Gasteiger partial charge in [0.25, 0.3) is 7.82 Å². The molecule has 0 amide bonds. The average molecular weight is 1070 g/mol. The number of phosphoric acid groups is 1. The third-order valence-electron chi connectivity index (χ3n) is 10.6. The van der Waals surface area contributed by atoms with Gasteiger partial charge >= 0.3 is 11.9 Å². The van der Waals surface area contributed by atoms with Crippen LogP contribution >= 0.6 is 7.82 Å². The molecule has 0 aromatic carbocycles. The molecule has 0 aliphatic rings. The van der Waals surface area contributed by atoms with E-state index >= 15 is 0 Å². The molecule has 0 aromatic heterocycles. The SMILES string of the molecule is CC/C=C\C/C=C\C/C=C\C/C=C\C/C=C\C/C=C\C/C=C\C/C=C\C/C=C\CCCC(=O)OC(COC(=O)CCC/C=C\C/C=C\C/C=C\C/C=C\C/C=C\C/C=C\C/C=C\CC)COP(=O)([O-])OCC[N+](C)(C)C. The topological polar surface area (TPSA) is 111 Å². The van der Waals surface area contributed by atoms with Gasteiger partial charge in [-0.3, -0.25) is 14.2 Å². The number of allylic oxidation sites excluding steroid dienone is 32. The number of phosphoric ester groups is 1. The van der Waals surface area contributed by atoms with Crippen molar-refractivity contribution in [2.24, 2.45) is 0 Å². The van der Waals surface area contributed by atoms with Crippen molar-refractivity contribution in [3.63, 3.8) is 0 Å². The molecule has 10 heteroatoms. The summed E-state index contributed by atoms with van der Waals surface area (Å²) in [5, 5.41) is 0. The number of carbonyl (C=O) groups is 2. The van der Waals surface area contributed by atoms with Crippen LogP contribution in [0.1, 0.15) is 155 Å². The second-order valence-corrected chi connectivity index (χ2v) is 20.2. The van der Waals surface area contributed by atoms with Crippen molar-refractivity contribution in [1.82, 2.24) is 0 Å². The lowest BCUT2D eigenvalue weighted by Crippen LogP contribution is -2.37. The third kappa shape index (κ3) is 58.1. The minimum absolute atomic E-state index is 0.0638. The van der Waals surface area contributed by atoms with Crippen LogP contribution in [0.5, 0.6) is 0 Å². The predicted octanol–water partition coefficient (Wildman–Crippen LogP) is 17.2. The molecule has 9 nitrogen and oxygen atoms in total. The van der Waals surface area contributed by atoms with Gasteiger partial charge in [0, 0.05) is 12.8 Å². The smallest absolute Gasteiger partial charge is 0.306 e. The van der Waals surface area contributed by atoms with E-state index in [1.165, 1.54) is 0 Å². The summed E-state index contributed by atoms with van der Waals surface area (Å²) in [4.78, 5) is 37.8. The molecule has 2 unspecified atom stereocenters. The van der Waals surface area contributed by atoms with Crippen LogP contribution in [0, 0.1) is 0 Å². The predicted molar refractivity (Wildman–Crippen MR) is 322 cm³/mol. The molecule has 0 spiro atoms. The van der Waals surface area contributed by atoms with Crippen LogP contribution in [0.25, 0.3) is 0 Å². The minimum atomic E-state index is -4.68. The van der Waals surface area contributed by atoms with Crippen molar-refractivity contribution >= 4 is 19.8 Å². The lowest BCUT2D eigenvalue weighted by atomic mass is 10.2. The molecule has 2 atom stereocenters. The number of esters is 2. The Kier molecular flexibility index (Phi) is 50.9. The summed E-state index contributed by atoms with van der Waals surface area (Å²) in [6.07, 6.45) is 86.3. The number of carbonyl (C=O) groups excluding carboxylic acids is 2. The van der Waals surface area contributed by atoms with Gasteiger partial charge in [-0.1, -0.05) is 208 Å². The van der Waals surface area contributed by atoms with E-state index in [4.69, 9.17) is 18.5 Å². The highest BCUT2D eigenvalue weighted by atomic mass is 31.2. The summed E-state index contributed by atoms with van der Waals surface area (Å²) < 4.78 is 34.0. The molecule has 0 aromatic rings. The van der Waals surface area contributed by atoms with Crippen molar-refractivity contribution < 1.29 is 42.1 Å². The summed E-state index contributed by atoms with van der Waals surface area (Å²) >= 11 is 0. The number of ether oxygens (including phenoxy) is 2. The van der Waals surface area contributed by atoms with Crippen LogP contribution in [0.15, 0.2) is 194 Å². The monoisotopic (exact) mass is 1070 g/mol. The van der Waals surface area contributed by atoms with Crippen LogP contribution in [0.2, 0.25) is 0 Å². The first-order valence-corrected chi connectivity index (χ1v) is 29.6. The molecule has 0 aliphatic heterocycles. The molecule has 0 aliphatic carbocycles. The van der Waals surface area contributed by atoms with Gasteiger partial charge in [-0.2, -0.15) is 0 Å². The molecule has 0 heterocycles. The molecule has 0 bridgehead atoms. The van der Waals surface area contributed by atoms with Gasteiger partial charge in [0.15, 0.2) is 6.10 Å². The van der Waals surface area contributed by atoms with E-state index in [9.17, 15) is 19.0 Å². The maximum absolute atomic E-state index is 12.8. The van der Waals surface area contributed by atoms with Crippen LogP contribution < -0.4 is 4.89 Å². The van der Waals surface area contributed by atoms with Gasteiger partial charge in [-0.25, -0.2) is 0 Å². The lowest BCUT2D eigenvalue weighted by molar-refractivity contribution is -0.870. The maximum Gasteiger partial charge on any atom is 0.306 e. The Morgan fingerprint density at radius 3 is 0.974 bits per heavy atom. The number of hydrogen-bond donors (Lipinski definition) is 0. The van der Waals surface area contributed by atoms with E-state index in [1.54, 1.807) is 0 Å². The average Bonchev–Trinajstić information content (AvgIpc) is 3.38. The summed E-state index contributed by atoms with van der Waals surface area (Å²) in [7, 11) is 1.06. The second-order valence-electron chi connectivity index (χ2n) is 18.8. The number of hydrogen-bond acceptors (Lipinski definition) is 8. The fourth-order valence-corrected chi connectivity index (χ4v) is 7.08. The van der Waals surface area contributed by atoms with E-state index in [0.29, 0.717) is 36.7 Å². The Bertz CT molecular complexity index is 1980. The standard InChI is InChI=1S/C66H100NO8P/c1-6-8-10-12-14-16-18-20-22-24-26-28-30-31-32-33-34-35-37-39-41-43-45-47-49-51-53-55-57-59-66(69)75-64(63-74-76(70,71)73-61-60-67(3,4)5)62-72-65(68)58-56-54-52-50-48-46-44-42-40-38-36-29-27-25-23-21-19-17-15-13-11-9-7-2/h8-11,14-17,20-23,26-29,31-32,34-35,38-41,44-47,50-53,64H,6-7,12-13,18-19,24-25,30,33,36-37,42-43,48-49,54-63H2,1-5H3/b10-8-,11-9-,16-14-,17-15-,22-20-,23-21-,28-26-,29-27-,32-31-,35-34-,40-38-,41-39-,46-44-,47-45-,52-50-,53-51-. The normalized spacial score (nSPS) is 14.8. The van der Waals surface area contributed by atoms with Crippen molar-refractivity contribution in [2.75, 3.05) is 47.5 Å². The lowest BCUT2D eigenvalue weighted by Gasteiger charge is -2.28. The molecule has 0 fully saturated rings. The molecule has 0 rings (SSSR count). The van der Waals surface area contributed by atoms with Crippen molar-refractivity contribution in [3.05, 3.63) is 194 Å². The van der Waals surface area contributed by atoms with Crippen molar-refractivity contribution in [2.45, 2.75) is 161 Å².